The van der Waals surface area contributed by atoms with Crippen LogP contribution >= 0.6 is 0 Å². The molecule has 0 radical (unpaired) electrons. The summed E-state index contributed by atoms with van der Waals surface area (Å²) in [7, 11) is 0. The Hall–Kier alpha value is -2.18. The Morgan fingerprint density at radius 1 is 1.38 bits per heavy atom. The van der Waals surface area contributed by atoms with Crippen LogP contribution < -0.4 is 10.6 Å². The molecule has 0 saturated carbocycles. The molecule has 0 unspecified atom stereocenters. The summed E-state index contributed by atoms with van der Waals surface area (Å²) in [5, 5.41) is 5.03. The number of amides is 3. The molecule has 0 aliphatic carbocycles. The number of nitrogens with zero attached hydrogens (tertiary/aromatic N) is 1. The molecule has 0 spiro atoms. The molecule has 0 bridgehead atoms. The summed E-state index contributed by atoms with van der Waals surface area (Å²) in [4.78, 5) is 25.1. The standard InChI is InChI=1S/C14H17F2N3O2/c1-2-17-13(20)9-5-6-19(8-9)14(21)18-12-7-10(15)3-4-11(12)16/h3-4,7,9H,2,5-6,8H2,1H3,(H,17,20)(H,18,21)/t9-/m0/s1. The minimum atomic E-state index is -0.704. The molecule has 3 amide bonds. The first-order chi connectivity index (χ1) is 10.0. The van der Waals surface area contributed by atoms with E-state index in [2.05, 4.69) is 10.6 Å². The molecule has 1 atom stereocenters. The van der Waals surface area contributed by atoms with Crippen LogP contribution in [-0.2, 0) is 4.79 Å². The van der Waals surface area contributed by atoms with Crippen LogP contribution in [0.3, 0.4) is 0 Å². The van der Waals surface area contributed by atoms with Gasteiger partial charge < -0.3 is 15.5 Å². The largest absolute Gasteiger partial charge is 0.356 e. The van der Waals surface area contributed by atoms with E-state index in [-0.39, 0.29) is 24.1 Å². The van der Waals surface area contributed by atoms with Crippen LogP contribution in [0.2, 0.25) is 0 Å². The highest BCUT2D eigenvalue weighted by molar-refractivity contribution is 5.90. The van der Waals surface area contributed by atoms with E-state index in [1.54, 1.807) is 0 Å². The van der Waals surface area contributed by atoms with Gasteiger partial charge in [0.2, 0.25) is 5.91 Å². The summed E-state index contributed by atoms with van der Waals surface area (Å²) >= 11 is 0. The third-order valence-electron chi connectivity index (χ3n) is 3.37. The van der Waals surface area contributed by atoms with Gasteiger partial charge in [-0.15, -0.1) is 0 Å². The maximum Gasteiger partial charge on any atom is 0.321 e. The molecule has 1 saturated heterocycles. The number of halogens is 2. The third-order valence-corrected chi connectivity index (χ3v) is 3.37. The highest BCUT2D eigenvalue weighted by Gasteiger charge is 2.31. The Morgan fingerprint density at radius 3 is 2.86 bits per heavy atom. The van der Waals surface area contributed by atoms with Gasteiger partial charge >= 0.3 is 6.03 Å². The molecule has 1 heterocycles. The molecule has 7 heteroatoms. The van der Waals surface area contributed by atoms with Crippen molar-refractivity contribution in [1.29, 1.82) is 0 Å². The van der Waals surface area contributed by atoms with E-state index in [1.165, 1.54) is 4.90 Å². The molecule has 1 aliphatic heterocycles. The van der Waals surface area contributed by atoms with Gasteiger partial charge in [-0.1, -0.05) is 0 Å². The van der Waals surface area contributed by atoms with Crippen molar-refractivity contribution >= 4 is 17.6 Å². The van der Waals surface area contributed by atoms with Gasteiger partial charge in [-0.2, -0.15) is 0 Å². The van der Waals surface area contributed by atoms with E-state index in [1.807, 2.05) is 6.92 Å². The minimum absolute atomic E-state index is 0.0928. The molecule has 2 rings (SSSR count). The lowest BCUT2D eigenvalue weighted by molar-refractivity contribution is -0.124. The van der Waals surface area contributed by atoms with Crippen LogP contribution in [0.25, 0.3) is 0 Å². The Balaban J connectivity index is 1.96. The number of benzene rings is 1. The molecular formula is C14H17F2N3O2. The van der Waals surface area contributed by atoms with Crippen molar-refractivity contribution in [1.82, 2.24) is 10.2 Å². The first kappa shape index (κ1) is 15.2. The van der Waals surface area contributed by atoms with Crippen LogP contribution in [0.1, 0.15) is 13.3 Å². The number of likely N-dealkylation sites (tertiary alicyclic amines) is 1. The van der Waals surface area contributed by atoms with Crippen molar-refractivity contribution < 1.29 is 18.4 Å². The number of urea groups is 1. The molecule has 2 N–H and O–H groups in total. The van der Waals surface area contributed by atoms with Crippen LogP contribution in [0.5, 0.6) is 0 Å². The van der Waals surface area contributed by atoms with Crippen molar-refractivity contribution in [3.63, 3.8) is 0 Å². The van der Waals surface area contributed by atoms with Gasteiger partial charge in [0.25, 0.3) is 0 Å². The summed E-state index contributed by atoms with van der Waals surface area (Å²) in [6, 6.07) is 2.31. The summed E-state index contributed by atoms with van der Waals surface area (Å²) < 4.78 is 26.5. The first-order valence-electron chi connectivity index (χ1n) is 6.80. The summed E-state index contributed by atoms with van der Waals surface area (Å²) in [5.41, 5.74) is -0.207. The molecule has 114 valence electrons. The SMILES string of the molecule is CCNC(=O)[C@H]1CCN(C(=O)Nc2cc(F)ccc2F)C1. The maximum atomic E-state index is 13.5. The van der Waals surface area contributed by atoms with E-state index in [0.717, 1.165) is 18.2 Å². The zero-order valence-electron chi connectivity index (χ0n) is 11.7. The normalized spacial score (nSPS) is 17.7. The smallest absolute Gasteiger partial charge is 0.321 e. The fourth-order valence-electron chi connectivity index (χ4n) is 2.26. The zero-order valence-corrected chi connectivity index (χ0v) is 11.7. The maximum absolute atomic E-state index is 13.5. The van der Waals surface area contributed by atoms with E-state index >= 15 is 0 Å². The number of carbonyl (C=O) groups is 2. The van der Waals surface area contributed by atoms with Crippen molar-refractivity contribution in [3.8, 4) is 0 Å². The molecular weight excluding hydrogens is 280 g/mol. The van der Waals surface area contributed by atoms with Crippen LogP contribution in [0, 0.1) is 17.6 Å². The van der Waals surface area contributed by atoms with Crippen LogP contribution in [-0.4, -0.2) is 36.5 Å². The molecule has 1 aromatic carbocycles. The molecule has 0 aromatic heterocycles. The molecule has 1 aromatic rings. The van der Waals surface area contributed by atoms with Gasteiger partial charge in [-0.25, -0.2) is 13.6 Å². The van der Waals surface area contributed by atoms with Crippen molar-refractivity contribution in [2.75, 3.05) is 25.0 Å². The molecule has 1 aliphatic rings. The Morgan fingerprint density at radius 2 is 2.14 bits per heavy atom. The third kappa shape index (κ3) is 3.68. The van der Waals surface area contributed by atoms with Crippen molar-refractivity contribution in [2.24, 2.45) is 5.92 Å². The highest BCUT2D eigenvalue weighted by atomic mass is 19.1. The van der Waals surface area contributed by atoms with Crippen LogP contribution in [0.4, 0.5) is 19.3 Å². The lowest BCUT2D eigenvalue weighted by Crippen LogP contribution is -2.36. The van der Waals surface area contributed by atoms with Crippen molar-refractivity contribution in [3.05, 3.63) is 29.8 Å². The second-order valence-corrected chi connectivity index (χ2v) is 4.88. The minimum Gasteiger partial charge on any atom is -0.356 e. The Labute approximate surface area is 121 Å². The lowest BCUT2D eigenvalue weighted by atomic mass is 10.1. The Kier molecular flexibility index (Phi) is 4.72. The van der Waals surface area contributed by atoms with E-state index < -0.39 is 17.7 Å². The molecule has 21 heavy (non-hydrogen) atoms. The topological polar surface area (TPSA) is 61.4 Å². The predicted molar refractivity (Wildman–Crippen MR) is 73.7 cm³/mol. The quantitative estimate of drug-likeness (QED) is 0.896. The number of nitrogens with one attached hydrogen (secondary N) is 2. The number of carbonyl (C=O) groups excluding carboxylic acids is 2. The molecule has 5 nitrogen and oxygen atoms in total. The highest BCUT2D eigenvalue weighted by Crippen LogP contribution is 2.20. The van der Waals surface area contributed by atoms with Crippen LogP contribution in [0.15, 0.2) is 18.2 Å². The Bertz CT molecular complexity index is 551. The van der Waals surface area contributed by atoms with E-state index in [4.69, 9.17) is 0 Å². The average Bonchev–Trinajstić information content (AvgIpc) is 2.93. The van der Waals surface area contributed by atoms with E-state index in [9.17, 15) is 18.4 Å². The van der Waals surface area contributed by atoms with E-state index in [0.29, 0.717) is 19.5 Å². The second kappa shape index (κ2) is 6.51. The number of anilines is 1. The number of hydrogen-bond acceptors (Lipinski definition) is 2. The van der Waals surface area contributed by atoms with Gasteiger partial charge in [-0.05, 0) is 25.5 Å². The van der Waals surface area contributed by atoms with Gasteiger partial charge in [0.1, 0.15) is 11.6 Å². The fourth-order valence-corrected chi connectivity index (χ4v) is 2.26. The zero-order chi connectivity index (χ0) is 15.4. The monoisotopic (exact) mass is 297 g/mol. The summed E-state index contributed by atoms with van der Waals surface area (Å²) in [6.07, 6.45) is 0.560. The van der Waals surface area contributed by atoms with Gasteiger partial charge in [-0.3, -0.25) is 4.79 Å². The second-order valence-electron chi connectivity index (χ2n) is 4.88. The predicted octanol–water partition coefficient (Wildman–Crippen LogP) is 1.95. The number of rotatable bonds is 3. The van der Waals surface area contributed by atoms with Gasteiger partial charge in [0.05, 0.1) is 11.6 Å². The fraction of sp³-hybridized carbons (Fsp3) is 0.429. The van der Waals surface area contributed by atoms with Gasteiger partial charge in [0.15, 0.2) is 0 Å². The lowest BCUT2D eigenvalue weighted by Gasteiger charge is -2.17. The van der Waals surface area contributed by atoms with Crippen molar-refractivity contribution in [2.45, 2.75) is 13.3 Å². The summed E-state index contributed by atoms with van der Waals surface area (Å²) in [5.74, 6) is -1.68. The first-order valence-corrected chi connectivity index (χ1v) is 6.80. The molecule has 1 fully saturated rings. The summed E-state index contributed by atoms with van der Waals surface area (Å²) in [6.45, 7) is 3.04. The average molecular weight is 297 g/mol. The van der Waals surface area contributed by atoms with Gasteiger partial charge in [0, 0.05) is 25.7 Å². The number of hydrogen-bond donors (Lipinski definition) is 2.